The maximum atomic E-state index is 9.62. The Morgan fingerprint density at radius 1 is 1.24 bits per heavy atom. The van der Waals surface area contributed by atoms with Gasteiger partial charge in [0.2, 0.25) is 0 Å². The molecule has 0 saturated carbocycles. The summed E-state index contributed by atoms with van der Waals surface area (Å²) in [7, 11) is 0. The zero-order valence-electron chi connectivity index (χ0n) is 15.6. The summed E-state index contributed by atoms with van der Waals surface area (Å²) in [4.78, 5) is 4.73. The molecule has 1 aliphatic rings. The van der Waals surface area contributed by atoms with E-state index in [0.717, 1.165) is 44.2 Å². The molecule has 1 aliphatic heterocycles. The number of rotatable bonds is 5. The number of piperazine rings is 1. The second-order valence-corrected chi connectivity index (χ2v) is 7.18. The van der Waals surface area contributed by atoms with Crippen LogP contribution in [0.5, 0.6) is 0 Å². The summed E-state index contributed by atoms with van der Waals surface area (Å²) in [5.41, 5.74) is 3.41. The topological polar surface area (TPSA) is 70.3 Å². The fourth-order valence-electron chi connectivity index (χ4n) is 3.64. The molecule has 1 N–H and O–H groups in total. The molecule has 0 aliphatic carbocycles. The van der Waals surface area contributed by atoms with E-state index in [1.54, 1.807) is 0 Å². The first-order valence-electron chi connectivity index (χ1n) is 8.94. The van der Waals surface area contributed by atoms with Gasteiger partial charge in [-0.1, -0.05) is 18.2 Å². The molecule has 7 heteroatoms. The molecule has 25 heavy (non-hydrogen) atoms. The van der Waals surface area contributed by atoms with Crippen LogP contribution in [0.4, 0.5) is 0 Å². The average molecular weight is 344 g/mol. The van der Waals surface area contributed by atoms with E-state index in [-0.39, 0.29) is 6.10 Å². The van der Waals surface area contributed by atoms with Crippen LogP contribution in [0.1, 0.15) is 30.8 Å². The molecule has 0 spiro atoms. The first kappa shape index (κ1) is 18.0. The van der Waals surface area contributed by atoms with Gasteiger partial charge in [-0.15, -0.1) is 5.10 Å². The average Bonchev–Trinajstić information content (AvgIpc) is 2.97. The molecule has 2 heterocycles. The minimum Gasteiger partial charge on any atom is -0.392 e. The van der Waals surface area contributed by atoms with Crippen LogP contribution in [0.3, 0.4) is 0 Å². The molecular weight excluding hydrogens is 316 g/mol. The fraction of sp³-hybridized carbons (Fsp3) is 0.611. The highest BCUT2D eigenvalue weighted by molar-refractivity contribution is 5.46. The Labute approximate surface area is 149 Å². The van der Waals surface area contributed by atoms with Gasteiger partial charge in [-0.05, 0) is 49.2 Å². The molecule has 0 amide bonds. The molecule has 1 aromatic heterocycles. The third kappa shape index (κ3) is 4.05. The standard InChI is InChI=1S/C18H28N6O/c1-13-6-5-7-14(2)18(13)24-17(19-20-21-24)12-22-8-9-23(11-16(4)25)15(3)10-22/h5-7,15-16,25H,8-12H2,1-4H3/t15-,16-/m0/s1. The van der Waals surface area contributed by atoms with E-state index in [9.17, 15) is 5.11 Å². The molecule has 1 aromatic carbocycles. The van der Waals surface area contributed by atoms with Crippen LogP contribution >= 0.6 is 0 Å². The molecule has 1 saturated heterocycles. The lowest BCUT2D eigenvalue weighted by atomic mass is 10.1. The van der Waals surface area contributed by atoms with E-state index in [0.29, 0.717) is 6.04 Å². The number of tetrazole rings is 1. The number of hydrogen-bond donors (Lipinski definition) is 1. The Bertz CT molecular complexity index is 693. The molecule has 0 bridgehead atoms. The van der Waals surface area contributed by atoms with E-state index in [1.807, 2.05) is 11.6 Å². The maximum Gasteiger partial charge on any atom is 0.170 e. The van der Waals surface area contributed by atoms with Crippen LogP contribution in [-0.4, -0.2) is 73.4 Å². The molecule has 0 radical (unpaired) electrons. The number of hydrogen-bond acceptors (Lipinski definition) is 6. The van der Waals surface area contributed by atoms with Crippen molar-refractivity contribution in [2.45, 2.75) is 46.4 Å². The third-order valence-corrected chi connectivity index (χ3v) is 4.90. The van der Waals surface area contributed by atoms with Gasteiger partial charge in [0, 0.05) is 32.2 Å². The monoisotopic (exact) mass is 344 g/mol. The number of para-hydroxylation sites is 1. The van der Waals surface area contributed by atoms with Crippen LogP contribution in [0.25, 0.3) is 5.69 Å². The van der Waals surface area contributed by atoms with E-state index in [4.69, 9.17) is 0 Å². The molecule has 3 rings (SSSR count). The number of aliphatic hydroxyl groups is 1. The Hall–Kier alpha value is -1.83. The van der Waals surface area contributed by atoms with Gasteiger partial charge in [0.15, 0.2) is 5.82 Å². The lowest BCUT2D eigenvalue weighted by molar-refractivity contribution is 0.0411. The second-order valence-electron chi connectivity index (χ2n) is 7.18. The van der Waals surface area contributed by atoms with Gasteiger partial charge in [0.05, 0.1) is 18.3 Å². The van der Waals surface area contributed by atoms with Gasteiger partial charge in [-0.3, -0.25) is 9.80 Å². The molecule has 2 atom stereocenters. The number of β-amino-alcohol motifs (C(OH)–C–C–N with tert-alkyl or cyclic N) is 1. The van der Waals surface area contributed by atoms with Crippen LogP contribution in [0, 0.1) is 13.8 Å². The largest absolute Gasteiger partial charge is 0.392 e. The van der Waals surface area contributed by atoms with E-state index >= 15 is 0 Å². The quantitative estimate of drug-likeness (QED) is 0.878. The van der Waals surface area contributed by atoms with Crippen molar-refractivity contribution in [2.75, 3.05) is 26.2 Å². The van der Waals surface area contributed by atoms with Crippen LogP contribution in [-0.2, 0) is 6.54 Å². The molecular formula is C18H28N6O. The summed E-state index contributed by atoms with van der Waals surface area (Å²) in [5, 5.41) is 22.0. The van der Waals surface area contributed by atoms with Crippen molar-refractivity contribution in [3.8, 4) is 5.69 Å². The van der Waals surface area contributed by atoms with E-state index in [1.165, 1.54) is 11.1 Å². The highest BCUT2D eigenvalue weighted by Gasteiger charge is 2.26. The summed E-state index contributed by atoms with van der Waals surface area (Å²) in [6.45, 7) is 12.6. The summed E-state index contributed by atoms with van der Waals surface area (Å²) >= 11 is 0. The lowest BCUT2D eigenvalue weighted by Crippen LogP contribution is -2.53. The highest BCUT2D eigenvalue weighted by Crippen LogP contribution is 2.20. The van der Waals surface area contributed by atoms with Crippen LogP contribution in [0.15, 0.2) is 18.2 Å². The number of nitrogens with zero attached hydrogens (tertiary/aromatic N) is 6. The summed E-state index contributed by atoms with van der Waals surface area (Å²) < 4.78 is 1.87. The van der Waals surface area contributed by atoms with Crippen molar-refractivity contribution in [3.05, 3.63) is 35.2 Å². The molecule has 2 aromatic rings. The second kappa shape index (κ2) is 7.59. The zero-order valence-corrected chi connectivity index (χ0v) is 15.6. The predicted molar refractivity (Wildman–Crippen MR) is 96.6 cm³/mol. The van der Waals surface area contributed by atoms with Crippen molar-refractivity contribution in [1.29, 1.82) is 0 Å². The van der Waals surface area contributed by atoms with E-state index in [2.05, 4.69) is 64.3 Å². The van der Waals surface area contributed by atoms with E-state index < -0.39 is 0 Å². The maximum absolute atomic E-state index is 9.62. The summed E-state index contributed by atoms with van der Waals surface area (Å²) in [6, 6.07) is 6.64. The van der Waals surface area contributed by atoms with Gasteiger partial charge >= 0.3 is 0 Å². The van der Waals surface area contributed by atoms with Crippen molar-refractivity contribution in [2.24, 2.45) is 0 Å². The third-order valence-electron chi connectivity index (χ3n) is 4.90. The van der Waals surface area contributed by atoms with Crippen molar-refractivity contribution in [1.82, 2.24) is 30.0 Å². The fourth-order valence-corrected chi connectivity index (χ4v) is 3.64. The minimum absolute atomic E-state index is 0.287. The first-order valence-corrected chi connectivity index (χ1v) is 8.94. The highest BCUT2D eigenvalue weighted by atomic mass is 16.3. The molecule has 1 fully saturated rings. The van der Waals surface area contributed by atoms with Crippen molar-refractivity contribution < 1.29 is 5.11 Å². The Kier molecular flexibility index (Phi) is 5.46. The number of aromatic nitrogens is 4. The summed E-state index contributed by atoms with van der Waals surface area (Å²) in [5.74, 6) is 0.869. The Morgan fingerprint density at radius 2 is 1.96 bits per heavy atom. The molecule has 0 unspecified atom stereocenters. The van der Waals surface area contributed by atoms with Crippen LogP contribution in [0.2, 0.25) is 0 Å². The van der Waals surface area contributed by atoms with Crippen LogP contribution < -0.4 is 0 Å². The predicted octanol–water partition coefficient (Wildman–Crippen LogP) is 1.17. The summed E-state index contributed by atoms with van der Waals surface area (Å²) in [6.07, 6.45) is -0.287. The Balaban J connectivity index is 1.73. The van der Waals surface area contributed by atoms with Gasteiger partial charge < -0.3 is 5.11 Å². The molecule has 7 nitrogen and oxygen atoms in total. The Morgan fingerprint density at radius 3 is 2.60 bits per heavy atom. The number of benzene rings is 1. The first-order chi connectivity index (χ1) is 12.0. The SMILES string of the molecule is Cc1cccc(C)c1-n1nnnc1CN1CCN(C[C@H](C)O)[C@@H](C)C1. The minimum atomic E-state index is -0.287. The number of aliphatic hydroxyl groups excluding tert-OH is 1. The smallest absolute Gasteiger partial charge is 0.170 e. The molecule has 136 valence electrons. The van der Waals surface area contributed by atoms with Crippen molar-refractivity contribution in [3.63, 3.8) is 0 Å². The number of aryl methyl sites for hydroxylation is 2. The van der Waals surface area contributed by atoms with Gasteiger partial charge in [0.1, 0.15) is 0 Å². The van der Waals surface area contributed by atoms with Gasteiger partial charge in [0.25, 0.3) is 0 Å². The van der Waals surface area contributed by atoms with Crippen molar-refractivity contribution >= 4 is 0 Å². The van der Waals surface area contributed by atoms with Gasteiger partial charge in [-0.2, -0.15) is 4.68 Å². The van der Waals surface area contributed by atoms with Gasteiger partial charge in [-0.25, -0.2) is 0 Å². The zero-order chi connectivity index (χ0) is 18.0. The normalized spacial score (nSPS) is 20.8. The lowest BCUT2D eigenvalue weighted by Gasteiger charge is -2.40.